The first kappa shape index (κ1) is 19.7. The molecule has 0 bridgehead atoms. The lowest BCUT2D eigenvalue weighted by Gasteiger charge is -2.31. The summed E-state index contributed by atoms with van der Waals surface area (Å²) in [5.41, 5.74) is 5.74. The monoisotopic (exact) mass is 369 g/mol. The first-order valence-corrected chi connectivity index (χ1v) is 9.94. The van der Waals surface area contributed by atoms with E-state index >= 15 is 0 Å². The number of carbonyl (C=O) groups is 1. The number of sulfonamides is 1. The van der Waals surface area contributed by atoms with Gasteiger partial charge in [-0.15, -0.1) is 0 Å². The molecule has 0 aromatic heterocycles. The van der Waals surface area contributed by atoms with Gasteiger partial charge in [-0.3, -0.25) is 4.79 Å². The maximum absolute atomic E-state index is 12.6. The van der Waals surface area contributed by atoms with Gasteiger partial charge in [0.15, 0.2) is 0 Å². The summed E-state index contributed by atoms with van der Waals surface area (Å²) < 4.78 is 31.6. The van der Waals surface area contributed by atoms with Gasteiger partial charge in [-0.2, -0.15) is 0 Å². The number of benzene rings is 1. The third-order valence-electron chi connectivity index (χ3n) is 4.46. The minimum Gasteiger partial charge on any atom is -0.492 e. The Morgan fingerprint density at radius 1 is 1.28 bits per heavy atom. The second-order valence-corrected chi connectivity index (χ2v) is 8.67. The molecule has 1 aliphatic rings. The molecule has 1 aliphatic carbocycles. The number of carbonyl (C=O) groups excluding carboxylic acids is 1. The van der Waals surface area contributed by atoms with Crippen LogP contribution in [0.15, 0.2) is 23.1 Å². The zero-order valence-corrected chi connectivity index (χ0v) is 15.9. The predicted octanol–water partition coefficient (Wildman–Crippen LogP) is 1.94. The summed E-state index contributed by atoms with van der Waals surface area (Å²) in [7, 11) is -0.799. The average Bonchev–Trinajstić information content (AvgIpc) is 2.56. The number of nitrogens with zero attached hydrogens (tertiary/aromatic N) is 1. The van der Waals surface area contributed by atoms with E-state index in [1.54, 1.807) is 19.1 Å². The molecule has 1 amide bonds. The van der Waals surface area contributed by atoms with E-state index in [2.05, 4.69) is 5.32 Å². The topological polar surface area (TPSA) is 102 Å². The second kappa shape index (κ2) is 7.72. The van der Waals surface area contributed by atoms with Gasteiger partial charge in [-0.1, -0.05) is 19.3 Å². The number of nitrogens with two attached hydrogens (primary N) is 1. The quantitative estimate of drug-likeness (QED) is 0.798. The van der Waals surface area contributed by atoms with Crippen LogP contribution in [0, 0.1) is 0 Å². The van der Waals surface area contributed by atoms with Crippen LogP contribution >= 0.6 is 0 Å². The molecular formula is C17H27N3O4S. The Hall–Kier alpha value is -1.64. The minimum absolute atomic E-state index is 0.0202. The fraction of sp³-hybridized carbons (Fsp3) is 0.588. The summed E-state index contributed by atoms with van der Waals surface area (Å²) in [5, 5.41) is 2.77. The summed E-state index contributed by atoms with van der Waals surface area (Å²) in [4.78, 5) is 12.6. The first-order chi connectivity index (χ1) is 11.7. The van der Waals surface area contributed by atoms with E-state index in [9.17, 15) is 13.2 Å². The number of amides is 1. The molecule has 2 rings (SSSR count). The Balaban J connectivity index is 2.32. The van der Waals surface area contributed by atoms with Crippen molar-refractivity contribution in [3.8, 4) is 5.75 Å². The largest absolute Gasteiger partial charge is 0.492 e. The molecule has 25 heavy (non-hydrogen) atoms. The van der Waals surface area contributed by atoms with Gasteiger partial charge in [-0.25, -0.2) is 12.7 Å². The molecule has 1 aromatic rings. The third kappa shape index (κ3) is 4.31. The Labute approximate surface area is 149 Å². The zero-order chi connectivity index (χ0) is 18.7. The highest BCUT2D eigenvalue weighted by atomic mass is 32.2. The summed E-state index contributed by atoms with van der Waals surface area (Å²) in [6.07, 6.45) is 4.21. The Morgan fingerprint density at radius 2 is 1.92 bits per heavy atom. The first-order valence-electron chi connectivity index (χ1n) is 8.50. The smallest absolute Gasteiger partial charge is 0.246 e. The lowest BCUT2D eigenvalue weighted by molar-refractivity contribution is -0.122. The van der Waals surface area contributed by atoms with E-state index in [1.165, 1.54) is 20.2 Å². The van der Waals surface area contributed by atoms with E-state index in [0.29, 0.717) is 25.1 Å². The summed E-state index contributed by atoms with van der Waals surface area (Å²) in [6.45, 7) is 2.12. The van der Waals surface area contributed by atoms with Crippen LogP contribution in [0.4, 0.5) is 5.69 Å². The van der Waals surface area contributed by atoms with Crippen molar-refractivity contribution in [1.29, 1.82) is 0 Å². The van der Waals surface area contributed by atoms with Gasteiger partial charge in [0.1, 0.15) is 10.6 Å². The zero-order valence-electron chi connectivity index (χ0n) is 15.0. The van der Waals surface area contributed by atoms with Crippen molar-refractivity contribution in [3.05, 3.63) is 18.2 Å². The van der Waals surface area contributed by atoms with Crippen molar-refractivity contribution in [2.24, 2.45) is 5.73 Å². The van der Waals surface area contributed by atoms with Gasteiger partial charge in [0.2, 0.25) is 15.9 Å². The SMILES string of the molecule is CCOc1ccc(NC(=O)C2(N)CCCCC2)cc1S(=O)(=O)N(C)C. The van der Waals surface area contributed by atoms with E-state index in [0.717, 1.165) is 23.6 Å². The normalized spacial score (nSPS) is 17.3. The summed E-state index contributed by atoms with van der Waals surface area (Å²) in [5.74, 6) is -0.0149. The van der Waals surface area contributed by atoms with Gasteiger partial charge >= 0.3 is 0 Å². The second-order valence-electron chi connectivity index (χ2n) is 6.55. The van der Waals surface area contributed by atoms with Crippen LogP contribution in [0.25, 0.3) is 0 Å². The highest BCUT2D eigenvalue weighted by Crippen LogP contribution is 2.31. The van der Waals surface area contributed by atoms with E-state index in [-0.39, 0.29) is 16.6 Å². The lowest BCUT2D eigenvalue weighted by atomic mass is 9.82. The highest BCUT2D eigenvalue weighted by molar-refractivity contribution is 7.89. The molecule has 0 atom stereocenters. The Kier molecular flexibility index (Phi) is 6.08. The highest BCUT2D eigenvalue weighted by Gasteiger charge is 2.35. The van der Waals surface area contributed by atoms with Crippen molar-refractivity contribution in [1.82, 2.24) is 4.31 Å². The van der Waals surface area contributed by atoms with Crippen LogP contribution in [0.5, 0.6) is 5.75 Å². The van der Waals surface area contributed by atoms with Crippen molar-refractivity contribution in [2.75, 3.05) is 26.0 Å². The van der Waals surface area contributed by atoms with Crippen LogP contribution < -0.4 is 15.8 Å². The molecule has 0 unspecified atom stereocenters. The minimum atomic E-state index is -3.70. The van der Waals surface area contributed by atoms with Crippen LogP contribution in [-0.2, 0) is 14.8 Å². The Bertz CT molecular complexity index is 725. The van der Waals surface area contributed by atoms with E-state index in [4.69, 9.17) is 10.5 Å². The molecule has 1 aromatic carbocycles. The Morgan fingerprint density at radius 3 is 2.48 bits per heavy atom. The van der Waals surface area contributed by atoms with Crippen LogP contribution in [0.3, 0.4) is 0 Å². The number of ether oxygens (including phenoxy) is 1. The van der Waals surface area contributed by atoms with Crippen LogP contribution in [0.1, 0.15) is 39.0 Å². The molecule has 1 fully saturated rings. The van der Waals surface area contributed by atoms with Gasteiger partial charge in [0.05, 0.1) is 12.1 Å². The number of hydrogen-bond donors (Lipinski definition) is 2. The number of nitrogens with one attached hydrogen (secondary N) is 1. The third-order valence-corrected chi connectivity index (χ3v) is 6.29. The lowest BCUT2D eigenvalue weighted by Crippen LogP contribution is -2.52. The van der Waals surface area contributed by atoms with Gasteiger partial charge in [-0.05, 0) is 38.0 Å². The number of anilines is 1. The predicted molar refractivity (Wildman–Crippen MR) is 97.1 cm³/mol. The molecule has 8 heteroatoms. The summed E-state index contributed by atoms with van der Waals surface area (Å²) >= 11 is 0. The average molecular weight is 369 g/mol. The van der Waals surface area contributed by atoms with Crippen molar-refractivity contribution >= 4 is 21.6 Å². The molecule has 0 radical (unpaired) electrons. The van der Waals surface area contributed by atoms with Gasteiger partial charge in [0.25, 0.3) is 0 Å². The van der Waals surface area contributed by atoms with Crippen molar-refractivity contribution < 1.29 is 17.9 Å². The molecule has 140 valence electrons. The van der Waals surface area contributed by atoms with E-state index in [1.807, 2.05) is 0 Å². The van der Waals surface area contributed by atoms with Gasteiger partial charge < -0.3 is 15.8 Å². The fourth-order valence-corrected chi connectivity index (χ4v) is 3.97. The molecule has 3 N–H and O–H groups in total. The van der Waals surface area contributed by atoms with Gasteiger partial charge in [0, 0.05) is 19.8 Å². The van der Waals surface area contributed by atoms with E-state index < -0.39 is 15.6 Å². The molecule has 0 saturated heterocycles. The number of hydrogen-bond acceptors (Lipinski definition) is 5. The standard InChI is InChI=1S/C17H27N3O4S/c1-4-24-14-9-8-13(12-15(14)25(22,23)20(2)3)19-16(21)17(18)10-6-5-7-11-17/h8-9,12H,4-7,10-11,18H2,1-3H3,(H,19,21). The summed E-state index contributed by atoms with van der Waals surface area (Å²) in [6, 6.07) is 4.60. The fourth-order valence-electron chi connectivity index (χ4n) is 2.92. The van der Waals surface area contributed by atoms with Crippen LogP contribution in [0.2, 0.25) is 0 Å². The molecule has 0 heterocycles. The maximum Gasteiger partial charge on any atom is 0.246 e. The molecule has 0 spiro atoms. The van der Waals surface area contributed by atoms with Crippen molar-refractivity contribution in [3.63, 3.8) is 0 Å². The molecule has 0 aliphatic heterocycles. The maximum atomic E-state index is 12.6. The number of rotatable bonds is 6. The van der Waals surface area contributed by atoms with Crippen LogP contribution in [-0.4, -0.2) is 44.9 Å². The molecule has 7 nitrogen and oxygen atoms in total. The van der Waals surface area contributed by atoms with Crippen molar-refractivity contribution in [2.45, 2.75) is 49.5 Å². The molecular weight excluding hydrogens is 342 g/mol. The molecule has 1 saturated carbocycles.